The number of halogens is 1. The maximum atomic E-state index is 13.8. The third-order valence-electron chi connectivity index (χ3n) is 3.55. The lowest BCUT2D eigenvalue weighted by Crippen LogP contribution is -2.02. The van der Waals surface area contributed by atoms with Crippen molar-refractivity contribution in [1.82, 2.24) is 9.55 Å². The summed E-state index contributed by atoms with van der Waals surface area (Å²) in [5, 5.41) is 9.12. The van der Waals surface area contributed by atoms with Crippen molar-refractivity contribution in [1.29, 1.82) is 0 Å². The number of carboxylic acids is 1. The normalized spacial score (nSPS) is 11.0. The molecule has 0 radical (unpaired) electrons. The fourth-order valence-corrected chi connectivity index (χ4v) is 2.47. The minimum Gasteiger partial charge on any atom is -0.478 e. The highest BCUT2D eigenvalue weighted by molar-refractivity contribution is 5.93. The Morgan fingerprint density at radius 3 is 2.71 bits per heavy atom. The van der Waals surface area contributed by atoms with Gasteiger partial charge in [0.2, 0.25) is 0 Å². The van der Waals surface area contributed by atoms with Crippen LogP contribution in [0.4, 0.5) is 4.39 Å². The molecule has 0 saturated heterocycles. The molecule has 0 atom stereocenters. The number of aryl methyl sites for hydroxylation is 1. The van der Waals surface area contributed by atoms with Gasteiger partial charge in [-0.15, -0.1) is 0 Å². The fourth-order valence-electron chi connectivity index (χ4n) is 2.47. The fraction of sp³-hybridized carbons (Fsp3) is 0.125. The monoisotopic (exact) mass is 284 g/mol. The third-order valence-corrected chi connectivity index (χ3v) is 3.55. The Kier molecular flexibility index (Phi) is 2.97. The van der Waals surface area contributed by atoms with Crippen LogP contribution in [0.15, 0.2) is 36.4 Å². The van der Waals surface area contributed by atoms with E-state index in [-0.39, 0.29) is 11.4 Å². The van der Waals surface area contributed by atoms with E-state index in [4.69, 9.17) is 5.11 Å². The summed E-state index contributed by atoms with van der Waals surface area (Å²) in [6.07, 6.45) is 0. The van der Waals surface area contributed by atoms with Gasteiger partial charge in [0.15, 0.2) is 0 Å². The molecule has 2 aromatic carbocycles. The quantitative estimate of drug-likeness (QED) is 0.783. The standard InChI is InChI=1S/C16H13FN2O2/c1-9-12(17)4-3-5-14(9)19-10(2)18-13-7-6-11(16(20)21)8-15(13)19/h3-8H,1-2H3,(H,20,21). The van der Waals surface area contributed by atoms with Crippen LogP contribution in [0.1, 0.15) is 21.7 Å². The van der Waals surface area contributed by atoms with E-state index in [0.29, 0.717) is 28.1 Å². The molecule has 1 aromatic heterocycles. The van der Waals surface area contributed by atoms with Crippen molar-refractivity contribution in [2.24, 2.45) is 0 Å². The number of nitrogens with zero attached hydrogens (tertiary/aromatic N) is 2. The van der Waals surface area contributed by atoms with Crippen LogP contribution in [-0.2, 0) is 0 Å². The van der Waals surface area contributed by atoms with E-state index in [0.717, 1.165) is 0 Å². The summed E-state index contributed by atoms with van der Waals surface area (Å²) in [6, 6.07) is 9.55. The van der Waals surface area contributed by atoms with E-state index in [1.807, 2.05) is 6.92 Å². The molecule has 3 rings (SSSR count). The maximum Gasteiger partial charge on any atom is 0.335 e. The number of aromatic carboxylic acids is 1. The number of carboxylic acid groups (broad SMARTS) is 1. The predicted octanol–water partition coefficient (Wildman–Crippen LogP) is 3.48. The Morgan fingerprint density at radius 2 is 2.00 bits per heavy atom. The number of hydrogen-bond donors (Lipinski definition) is 1. The molecular weight excluding hydrogens is 271 g/mol. The lowest BCUT2D eigenvalue weighted by molar-refractivity contribution is 0.0697. The van der Waals surface area contributed by atoms with Crippen LogP contribution in [0.3, 0.4) is 0 Å². The first kappa shape index (κ1) is 13.3. The van der Waals surface area contributed by atoms with Gasteiger partial charge < -0.3 is 5.11 Å². The second kappa shape index (κ2) is 4.70. The molecule has 0 aliphatic carbocycles. The van der Waals surface area contributed by atoms with E-state index in [1.54, 1.807) is 35.8 Å². The summed E-state index contributed by atoms with van der Waals surface area (Å²) in [5.41, 5.74) is 2.68. The third kappa shape index (κ3) is 2.07. The van der Waals surface area contributed by atoms with E-state index in [9.17, 15) is 9.18 Å². The molecule has 0 aliphatic rings. The number of imidazole rings is 1. The van der Waals surface area contributed by atoms with Crippen molar-refractivity contribution in [3.8, 4) is 5.69 Å². The lowest BCUT2D eigenvalue weighted by Gasteiger charge is -2.11. The smallest absolute Gasteiger partial charge is 0.335 e. The van der Waals surface area contributed by atoms with Crippen LogP contribution in [0.2, 0.25) is 0 Å². The molecule has 0 fully saturated rings. The van der Waals surface area contributed by atoms with Gasteiger partial charge in [-0.3, -0.25) is 4.57 Å². The minimum absolute atomic E-state index is 0.178. The van der Waals surface area contributed by atoms with E-state index < -0.39 is 5.97 Å². The number of carbonyl (C=O) groups is 1. The first-order valence-corrected chi connectivity index (χ1v) is 6.47. The molecule has 106 valence electrons. The van der Waals surface area contributed by atoms with Crippen molar-refractivity contribution < 1.29 is 14.3 Å². The Morgan fingerprint density at radius 1 is 1.24 bits per heavy atom. The first-order valence-electron chi connectivity index (χ1n) is 6.47. The zero-order valence-electron chi connectivity index (χ0n) is 11.6. The van der Waals surface area contributed by atoms with Crippen LogP contribution >= 0.6 is 0 Å². The van der Waals surface area contributed by atoms with Crippen molar-refractivity contribution in [3.05, 3.63) is 59.2 Å². The molecule has 3 aromatic rings. The lowest BCUT2D eigenvalue weighted by atomic mass is 10.1. The Labute approximate surface area is 120 Å². The van der Waals surface area contributed by atoms with Crippen LogP contribution in [0.25, 0.3) is 16.7 Å². The van der Waals surface area contributed by atoms with Crippen molar-refractivity contribution in [3.63, 3.8) is 0 Å². The number of rotatable bonds is 2. The number of benzene rings is 2. The molecule has 0 aliphatic heterocycles. The molecule has 0 amide bonds. The summed E-state index contributed by atoms with van der Waals surface area (Å²) in [7, 11) is 0. The molecule has 5 heteroatoms. The predicted molar refractivity (Wildman–Crippen MR) is 77.5 cm³/mol. The Balaban J connectivity index is 2.36. The van der Waals surface area contributed by atoms with Crippen LogP contribution < -0.4 is 0 Å². The SMILES string of the molecule is Cc1c(F)cccc1-n1c(C)nc2ccc(C(=O)O)cc21. The van der Waals surface area contributed by atoms with Gasteiger partial charge in [-0.25, -0.2) is 14.2 Å². The molecule has 1 N–H and O–H groups in total. The van der Waals surface area contributed by atoms with E-state index in [1.165, 1.54) is 12.1 Å². The number of fused-ring (bicyclic) bond motifs is 1. The largest absolute Gasteiger partial charge is 0.478 e. The van der Waals surface area contributed by atoms with Gasteiger partial charge in [0, 0.05) is 5.56 Å². The van der Waals surface area contributed by atoms with Gasteiger partial charge in [0.25, 0.3) is 0 Å². The van der Waals surface area contributed by atoms with Gasteiger partial charge in [0.05, 0.1) is 22.3 Å². The highest BCUT2D eigenvalue weighted by Crippen LogP contribution is 2.25. The maximum absolute atomic E-state index is 13.8. The number of hydrogen-bond acceptors (Lipinski definition) is 2. The molecule has 0 saturated carbocycles. The van der Waals surface area contributed by atoms with Crippen LogP contribution in [0, 0.1) is 19.7 Å². The second-order valence-corrected chi connectivity index (χ2v) is 4.89. The van der Waals surface area contributed by atoms with Crippen molar-refractivity contribution in [2.75, 3.05) is 0 Å². The van der Waals surface area contributed by atoms with Gasteiger partial charge in [0.1, 0.15) is 11.6 Å². The Bertz CT molecular complexity index is 868. The zero-order valence-corrected chi connectivity index (χ0v) is 11.6. The first-order chi connectivity index (χ1) is 9.99. The van der Waals surface area contributed by atoms with Crippen molar-refractivity contribution >= 4 is 17.0 Å². The summed E-state index contributed by atoms with van der Waals surface area (Å²) >= 11 is 0. The van der Waals surface area contributed by atoms with E-state index in [2.05, 4.69) is 4.98 Å². The summed E-state index contributed by atoms with van der Waals surface area (Å²) < 4.78 is 15.6. The van der Waals surface area contributed by atoms with Gasteiger partial charge in [-0.2, -0.15) is 0 Å². The number of aromatic nitrogens is 2. The highest BCUT2D eigenvalue weighted by Gasteiger charge is 2.14. The Hall–Kier alpha value is -2.69. The van der Waals surface area contributed by atoms with Crippen LogP contribution in [-0.4, -0.2) is 20.6 Å². The van der Waals surface area contributed by atoms with Gasteiger partial charge in [-0.05, 0) is 44.2 Å². The molecule has 21 heavy (non-hydrogen) atoms. The second-order valence-electron chi connectivity index (χ2n) is 4.89. The molecule has 0 bridgehead atoms. The summed E-state index contributed by atoms with van der Waals surface area (Å²) in [6.45, 7) is 3.50. The zero-order chi connectivity index (χ0) is 15.1. The highest BCUT2D eigenvalue weighted by atomic mass is 19.1. The molecular formula is C16H13FN2O2. The molecule has 0 spiro atoms. The molecule has 0 unspecified atom stereocenters. The molecule has 1 heterocycles. The average molecular weight is 284 g/mol. The van der Waals surface area contributed by atoms with Gasteiger partial charge >= 0.3 is 5.97 Å². The molecule has 4 nitrogen and oxygen atoms in total. The topological polar surface area (TPSA) is 55.1 Å². The minimum atomic E-state index is -1.00. The average Bonchev–Trinajstić information content (AvgIpc) is 2.77. The van der Waals surface area contributed by atoms with Crippen LogP contribution in [0.5, 0.6) is 0 Å². The van der Waals surface area contributed by atoms with Crippen molar-refractivity contribution in [2.45, 2.75) is 13.8 Å². The summed E-state index contributed by atoms with van der Waals surface area (Å²) in [4.78, 5) is 15.5. The van der Waals surface area contributed by atoms with Gasteiger partial charge in [-0.1, -0.05) is 6.07 Å². The van der Waals surface area contributed by atoms with E-state index >= 15 is 0 Å². The summed E-state index contributed by atoms with van der Waals surface area (Å²) in [5.74, 6) is -0.623.